The molecule has 0 spiro atoms. The first kappa shape index (κ1) is 12.4. The van der Waals surface area contributed by atoms with Crippen LogP contribution < -0.4 is 11.5 Å². The number of aryl methyl sites for hydroxylation is 1. The number of benzene rings is 1. The van der Waals surface area contributed by atoms with E-state index in [0.717, 1.165) is 36.0 Å². The van der Waals surface area contributed by atoms with Crippen molar-refractivity contribution in [3.05, 3.63) is 41.0 Å². The van der Waals surface area contributed by atoms with Gasteiger partial charge in [-0.3, -0.25) is 4.79 Å². The van der Waals surface area contributed by atoms with Crippen LogP contribution in [0.2, 0.25) is 0 Å². The van der Waals surface area contributed by atoms with Crippen LogP contribution >= 0.6 is 0 Å². The monoisotopic (exact) mass is 243 g/mol. The zero-order valence-corrected chi connectivity index (χ0v) is 10.4. The predicted molar refractivity (Wildman–Crippen MR) is 72.8 cm³/mol. The van der Waals surface area contributed by atoms with E-state index in [2.05, 4.69) is 11.1 Å². The molecule has 1 amide bonds. The number of aliphatic imine (C=N–C) groups is 1. The molecule has 0 aromatic heterocycles. The highest BCUT2D eigenvalue weighted by molar-refractivity contribution is 6.07. The summed E-state index contributed by atoms with van der Waals surface area (Å²) in [6, 6.07) is 8.15. The van der Waals surface area contributed by atoms with Gasteiger partial charge in [0.05, 0.1) is 0 Å². The van der Waals surface area contributed by atoms with Crippen molar-refractivity contribution in [2.24, 2.45) is 16.5 Å². The van der Waals surface area contributed by atoms with Gasteiger partial charge in [0.2, 0.25) is 0 Å². The molecular formula is C14H17N3O. The summed E-state index contributed by atoms with van der Waals surface area (Å²) < 4.78 is 0. The molecule has 1 aliphatic carbocycles. The summed E-state index contributed by atoms with van der Waals surface area (Å²) in [6.45, 7) is 2.04. The molecule has 0 saturated carbocycles. The number of hydrogen-bond donors (Lipinski definition) is 2. The minimum Gasteiger partial charge on any atom is -0.370 e. The fourth-order valence-electron chi connectivity index (χ4n) is 2.32. The molecule has 1 aromatic rings. The van der Waals surface area contributed by atoms with Crippen LogP contribution in [-0.2, 0) is 4.79 Å². The molecule has 1 aromatic carbocycles. The first-order valence-corrected chi connectivity index (χ1v) is 6.01. The van der Waals surface area contributed by atoms with Crippen molar-refractivity contribution in [3.8, 4) is 0 Å². The Bertz CT molecular complexity index is 540. The maximum Gasteiger partial charge on any atom is 0.276 e. The van der Waals surface area contributed by atoms with Gasteiger partial charge in [-0.25, -0.2) is 0 Å². The molecule has 18 heavy (non-hydrogen) atoms. The fourth-order valence-corrected chi connectivity index (χ4v) is 2.32. The van der Waals surface area contributed by atoms with Crippen molar-refractivity contribution >= 4 is 17.4 Å². The van der Waals surface area contributed by atoms with E-state index in [1.807, 2.05) is 25.1 Å². The van der Waals surface area contributed by atoms with Gasteiger partial charge in [0.1, 0.15) is 0 Å². The van der Waals surface area contributed by atoms with Gasteiger partial charge >= 0.3 is 0 Å². The Labute approximate surface area is 106 Å². The van der Waals surface area contributed by atoms with Gasteiger partial charge in [-0.15, -0.1) is 0 Å². The lowest BCUT2D eigenvalue weighted by Gasteiger charge is -2.06. The lowest BCUT2D eigenvalue weighted by Crippen LogP contribution is -2.24. The average Bonchev–Trinajstić information content (AvgIpc) is 2.76. The zero-order chi connectivity index (χ0) is 13.1. The molecule has 0 heterocycles. The number of hydrogen-bond acceptors (Lipinski definition) is 1. The molecule has 94 valence electrons. The van der Waals surface area contributed by atoms with E-state index < -0.39 is 0 Å². The lowest BCUT2D eigenvalue weighted by molar-refractivity contribution is -0.114. The third-order valence-electron chi connectivity index (χ3n) is 3.07. The van der Waals surface area contributed by atoms with Gasteiger partial charge < -0.3 is 11.5 Å². The largest absolute Gasteiger partial charge is 0.370 e. The molecule has 2 rings (SSSR count). The topological polar surface area (TPSA) is 81.5 Å². The summed E-state index contributed by atoms with van der Waals surface area (Å²) in [7, 11) is 0. The number of rotatable bonds is 2. The van der Waals surface area contributed by atoms with Crippen LogP contribution in [-0.4, -0.2) is 11.9 Å². The second-order valence-electron chi connectivity index (χ2n) is 4.52. The number of nitrogens with two attached hydrogens (primary N) is 2. The molecule has 0 fully saturated rings. The Morgan fingerprint density at radius 2 is 2.06 bits per heavy atom. The van der Waals surface area contributed by atoms with Crippen LogP contribution in [0.1, 0.15) is 30.4 Å². The van der Waals surface area contributed by atoms with E-state index in [1.54, 1.807) is 0 Å². The molecule has 0 radical (unpaired) electrons. The quantitative estimate of drug-likeness (QED) is 0.613. The van der Waals surface area contributed by atoms with E-state index >= 15 is 0 Å². The summed E-state index contributed by atoms with van der Waals surface area (Å²) in [5, 5.41) is 0. The van der Waals surface area contributed by atoms with Crippen LogP contribution in [0.25, 0.3) is 5.57 Å². The second kappa shape index (κ2) is 5.04. The van der Waals surface area contributed by atoms with Crippen molar-refractivity contribution in [2.75, 3.05) is 0 Å². The summed E-state index contributed by atoms with van der Waals surface area (Å²) in [6.07, 6.45) is 2.63. The number of carbonyl (C=O) groups is 1. The molecule has 4 nitrogen and oxygen atoms in total. The SMILES string of the molecule is Cc1cccc(C2=C(C(=O)N=C(N)N)CCC2)c1. The third kappa shape index (κ3) is 2.59. The second-order valence-corrected chi connectivity index (χ2v) is 4.52. The first-order chi connectivity index (χ1) is 8.58. The minimum absolute atomic E-state index is 0.178. The van der Waals surface area contributed by atoms with Gasteiger partial charge in [0.15, 0.2) is 5.96 Å². The van der Waals surface area contributed by atoms with Crippen LogP contribution in [0.5, 0.6) is 0 Å². The molecule has 0 atom stereocenters. The number of nitrogens with zero attached hydrogens (tertiary/aromatic N) is 1. The van der Waals surface area contributed by atoms with Crippen LogP contribution in [0, 0.1) is 6.92 Å². The van der Waals surface area contributed by atoms with Gasteiger partial charge in [-0.2, -0.15) is 4.99 Å². The standard InChI is InChI=1S/C14H17N3O/c1-9-4-2-5-10(8-9)11-6-3-7-12(11)13(18)17-14(15)16/h2,4-5,8H,3,6-7H2,1H3,(H4,15,16,17,18). The van der Waals surface area contributed by atoms with Gasteiger partial charge in [0, 0.05) is 5.57 Å². The highest BCUT2D eigenvalue weighted by Gasteiger charge is 2.21. The molecule has 4 heteroatoms. The summed E-state index contributed by atoms with van der Waals surface area (Å²) in [5.41, 5.74) is 14.6. The van der Waals surface area contributed by atoms with Crippen molar-refractivity contribution in [3.63, 3.8) is 0 Å². The van der Waals surface area contributed by atoms with Gasteiger partial charge in [0.25, 0.3) is 5.91 Å². The van der Waals surface area contributed by atoms with Crippen molar-refractivity contribution in [1.29, 1.82) is 0 Å². The van der Waals surface area contributed by atoms with E-state index in [4.69, 9.17) is 11.5 Å². The smallest absolute Gasteiger partial charge is 0.276 e. The Morgan fingerprint density at radius 1 is 1.28 bits per heavy atom. The van der Waals surface area contributed by atoms with Gasteiger partial charge in [-0.1, -0.05) is 29.8 Å². The summed E-state index contributed by atoms with van der Waals surface area (Å²) in [5.74, 6) is -0.480. The predicted octanol–water partition coefficient (Wildman–Crippen LogP) is 1.73. The van der Waals surface area contributed by atoms with Crippen molar-refractivity contribution < 1.29 is 4.79 Å². The van der Waals surface area contributed by atoms with Crippen molar-refractivity contribution in [1.82, 2.24) is 0 Å². The first-order valence-electron chi connectivity index (χ1n) is 6.01. The number of carbonyl (C=O) groups excluding carboxylic acids is 1. The minimum atomic E-state index is -0.302. The Balaban J connectivity index is 2.41. The maximum atomic E-state index is 11.9. The van der Waals surface area contributed by atoms with Gasteiger partial charge in [-0.05, 0) is 37.3 Å². The highest BCUT2D eigenvalue weighted by atomic mass is 16.1. The van der Waals surface area contributed by atoms with E-state index in [0.29, 0.717) is 0 Å². The number of guanidine groups is 1. The fraction of sp³-hybridized carbons (Fsp3) is 0.286. The molecule has 0 aliphatic heterocycles. The van der Waals surface area contributed by atoms with E-state index in [1.165, 1.54) is 5.56 Å². The molecule has 0 unspecified atom stereocenters. The molecular weight excluding hydrogens is 226 g/mol. The van der Waals surface area contributed by atoms with E-state index in [9.17, 15) is 4.79 Å². The Kier molecular flexibility index (Phi) is 3.46. The maximum absolute atomic E-state index is 11.9. The molecule has 0 bridgehead atoms. The van der Waals surface area contributed by atoms with Crippen LogP contribution in [0.3, 0.4) is 0 Å². The summed E-state index contributed by atoms with van der Waals surface area (Å²) >= 11 is 0. The summed E-state index contributed by atoms with van der Waals surface area (Å²) in [4.78, 5) is 15.6. The van der Waals surface area contributed by atoms with Crippen LogP contribution in [0.4, 0.5) is 0 Å². The Hall–Kier alpha value is -2.10. The number of amides is 1. The van der Waals surface area contributed by atoms with Crippen molar-refractivity contribution in [2.45, 2.75) is 26.2 Å². The normalized spacial score (nSPS) is 14.7. The van der Waals surface area contributed by atoms with Crippen LogP contribution in [0.15, 0.2) is 34.8 Å². The Morgan fingerprint density at radius 3 is 2.72 bits per heavy atom. The molecule has 1 aliphatic rings. The number of allylic oxidation sites excluding steroid dienone is 1. The third-order valence-corrected chi connectivity index (χ3v) is 3.07. The molecule has 0 saturated heterocycles. The highest BCUT2D eigenvalue weighted by Crippen LogP contribution is 2.34. The lowest BCUT2D eigenvalue weighted by atomic mass is 10.00. The average molecular weight is 243 g/mol. The molecule has 4 N–H and O–H groups in total. The van der Waals surface area contributed by atoms with E-state index in [-0.39, 0.29) is 11.9 Å². The zero-order valence-electron chi connectivity index (χ0n) is 10.4.